The molecule has 1 fully saturated rings. The average molecular weight is 253 g/mol. The van der Waals surface area contributed by atoms with Crippen molar-refractivity contribution in [2.24, 2.45) is 5.84 Å². The summed E-state index contributed by atoms with van der Waals surface area (Å²) < 4.78 is 5.34. The number of nitrogens with one attached hydrogen (secondary N) is 1. The Morgan fingerprint density at radius 2 is 2.44 bits per heavy atom. The van der Waals surface area contributed by atoms with Crippen LogP contribution in [0.1, 0.15) is 35.4 Å². The summed E-state index contributed by atoms with van der Waals surface area (Å²) in [7, 11) is 0. The lowest BCUT2D eigenvalue weighted by Crippen LogP contribution is -2.41. The quantitative estimate of drug-likeness (QED) is 0.406. The molecule has 1 unspecified atom stereocenters. The molecule has 1 aliphatic heterocycles. The van der Waals surface area contributed by atoms with Gasteiger partial charge in [-0.15, -0.1) is 0 Å². The standard InChI is InChI=1S/C12H19N3O3/c13-14-12(17)10-4-6-18-11(10)7-15-5-2-1-3-9(15)8-16/h4,6,9,16H,1-3,5,7-8,13H2,(H,14,17). The minimum absolute atomic E-state index is 0.138. The van der Waals surface area contributed by atoms with Gasteiger partial charge in [0.15, 0.2) is 0 Å². The fourth-order valence-corrected chi connectivity index (χ4v) is 2.40. The van der Waals surface area contributed by atoms with E-state index in [0.29, 0.717) is 17.9 Å². The number of hydrogen-bond donors (Lipinski definition) is 3. The highest BCUT2D eigenvalue weighted by Gasteiger charge is 2.24. The van der Waals surface area contributed by atoms with Gasteiger partial charge in [0.25, 0.3) is 5.91 Å². The molecular weight excluding hydrogens is 234 g/mol. The van der Waals surface area contributed by atoms with Crippen LogP contribution >= 0.6 is 0 Å². The molecule has 0 spiro atoms. The first-order valence-corrected chi connectivity index (χ1v) is 6.18. The predicted octanol–water partition coefficient (Wildman–Crippen LogP) is 0.230. The van der Waals surface area contributed by atoms with Gasteiger partial charge in [0.1, 0.15) is 5.76 Å². The molecule has 1 saturated heterocycles. The summed E-state index contributed by atoms with van der Waals surface area (Å²) in [5, 5.41) is 9.34. The molecule has 0 saturated carbocycles. The van der Waals surface area contributed by atoms with Crippen molar-refractivity contribution in [2.75, 3.05) is 13.2 Å². The lowest BCUT2D eigenvalue weighted by atomic mass is 10.0. The third-order valence-electron chi connectivity index (χ3n) is 3.43. The molecule has 2 rings (SSSR count). The third-order valence-corrected chi connectivity index (χ3v) is 3.43. The van der Waals surface area contributed by atoms with Crippen molar-refractivity contribution in [3.8, 4) is 0 Å². The van der Waals surface area contributed by atoms with Crippen LogP contribution < -0.4 is 11.3 Å². The summed E-state index contributed by atoms with van der Waals surface area (Å²) in [5.41, 5.74) is 2.56. The van der Waals surface area contributed by atoms with Crippen molar-refractivity contribution in [3.63, 3.8) is 0 Å². The van der Waals surface area contributed by atoms with E-state index in [-0.39, 0.29) is 18.6 Å². The SMILES string of the molecule is NNC(=O)c1ccoc1CN1CCCCC1CO. The van der Waals surface area contributed by atoms with E-state index < -0.39 is 0 Å². The highest BCUT2D eigenvalue weighted by atomic mass is 16.3. The number of hydrazine groups is 1. The van der Waals surface area contributed by atoms with E-state index in [4.69, 9.17) is 10.3 Å². The molecule has 1 atom stereocenters. The molecule has 2 heterocycles. The number of nitrogens with zero attached hydrogens (tertiary/aromatic N) is 1. The van der Waals surface area contributed by atoms with E-state index in [2.05, 4.69) is 10.3 Å². The van der Waals surface area contributed by atoms with Crippen LogP contribution in [0.3, 0.4) is 0 Å². The lowest BCUT2D eigenvalue weighted by Gasteiger charge is -2.33. The summed E-state index contributed by atoms with van der Waals surface area (Å²) in [4.78, 5) is 13.7. The van der Waals surface area contributed by atoms with Crippen LogP contribution in [0.15, 0.2) is 16.7 Å². The minimum Gasteiger partial charge on any atom is -0.467 e. The molecule has 4 N–H and O–H groups in total. The Morgan fingerprint density at radius 1 is 1.61 bits per heavy atom. The Balaban J connectivity index is 2.08. The summed E-state index contributed by atoms with van der Waals surface area (Å²) in [6, 6.07) is 1.76. The number of aliphatic hydroxyl groups excluding tert-OH is 1. The molecule has 0 aromatic carbocycles. The van der Waals surface area contributed by atoms with Gasteiger partial charge in [0, 0.05) is 6.04 Å². The largest absolute Gasteiger partial charge is 0.467 e. The van der Waals surface area contributed by atoms with Gasteiger partial charge in [-0.05, 0) is 25.5 Å². The van der Waals surface area contributed by atoms with E-state index in [1.165, 1.54) is 6.26 Å². The number of nitrogen functional groups attached to an aromatic ring is 1. The summed E-state index contributed by atoms with van der Waals surface area (Å²) in [6.07, 6.45) is 4.71. The Labute approximate surface area is 106 Å². The van der Waals surface area contributed by atoms with Crippen molar-refractivity contribution in [3.05, 3.63) is 23.7 Å². The lowest BCUT2D eigenvalue weighted by molar-refractivity contribution is 0.0772. The van der Waals surface area contributed by atoms with Gasteiger partial charge in [-0.2, -0.15) is 0 Å². The van der Waals surface area contributed by atoms with E-state index in [9.17, 15) is 9.90 Å². The van der Waals surface area contributed by atoms with E-state index in [0.717, 1.165) is 25.8 Å². The number of carbonyl (C=O) groups is 1. The van der Waals surface area contributed by atoms with Crippen LogP contribution in [0.2, 0.25) is 0 Å². The van der Waals surface area contributed by atoms with Gasteiger partial charge >= 0.3 is 0 Å². The number of carbonyl (C=O) groups excluding carboxylic acids is 1. The van der Waals surface area contributed by atoms with Crippen LogP contribution in [-0.2, 0) is 6.54 Å². The molecule has 6 heteroatoms. The van der Waals surface area contributed by atoms with Crippen molar-refractivity contribution < 1.29 is 14.3 Å². The highest BCUT2D eigenvalue weighted by Crippen LogP contribution is 2.21. The zero-order valence-electron chi connectivity index (χ0n) is 10.3. The topological polar surface area (TPSA) is 91.7 Å². The molecule has 100 valence electrons. The van der Waals surface area contributed by atoms with Crippen LogP contribution in [0.25, 0.3) is 0 Å². The second-order valence-electron chi connectivity index (χ2n) is 4.53. The molecule has 1 aromatic heterocycles. The monoisotopic (exact) mass is 253 g/mol. The van der Waals surface area contributed by atoms with E-state index >= 15 is 0 Å². The van der Waals surface area contributed by atoms with Crippen molar-refractivity contribution >= 4 is 5.91 Å². The molecule has 18 heavy (non-hydrogen) atoms. The summed E-state index contributed by atoms with van der Waals surface area (Å²) in [6.45, 7) is 1.58. The Morgan fingerprint density at radius 3 is 3.17 bits per heavy atom. The van der Waals surface area contributed by atoms with Gasteiger partial charge in [-0.1, -0.05) is 6.42 Å². The number of rotatable bonds is 4. The first-order valence-electron chi connectivity index (χ1n) is 6.18. The molecule has 0 aliphatic carbocycles. The highest BCUT2D eigenvalue weighted by molar-refractivity contribution is 5.94. The Hall–Kier alpha value is -1.37. The molecule has 0 radical (unpaired) electrons. The van der Waals surface area contributed by atoms with Gasteiger partial charge in [0.2, 0.25) is 0 Å². The predicted molar refractivity (Wildman–Crippen MR) is 65.5 cm³/mol. The normalized spacial score (nSPS) is 20.9. The van der Waals surface area contributed by atoms with Gasteiger partial charge < -0.3 is 9.52 Å². The first kappa shape index (κ1) is 13.1. The number of nitrogens with two attached hydrogens (primary N) is 1. The second kappa shape index (κ2) is 5.99. The van der Waals surface area contributed by atoms with E-state index in [1.807, 2.05) is 0 Å². The molecular formula is C12H19N3O3. The zero-order valence-corrected chi connectivity index (χ0v) is 10.3. The second-order valence-corrected chi connectivity index (χ2v) is 4.53. The number of aliphatic hydroxyl groups is 1. The van der Waals surface area contributed by atoms with Crippen LogP contribution in [0.4, 0.5) is 0 Å². The van der Waals surface area contributed by atoms with Gasteiger partial charge in [0.05, 0.1) is 25.0 Å². The molecule has 1 amide bonds. The third kappa shape index (κ3) is 2.72. The molecule has 1 aliphatic rings. The van der Waals surface area contributed by atoms with Crippen molar-refractivity contribution in [2.45, 2.75) is 31.8 Å². The maximum atomic E-state index is 11.5. The fraction of sp³-hybridized carbons (Fsp3) is 0.583. The number of furan rings is 1. The van der Waals surface area contributed by atoms with Gasteiger partial charge in [-0.25, -0.2) is 5.84 Å². The minimum atomic E-state index is -0.351. The zero-order chi connectivity index (χ0) is 13.0. The van der Waals surface area contributed by atoms with Crippen LogP contribution in [0.5, 0.6) is 0 Å². The number of amides is 1. The average Bonchev–Trinajstić information content (AvgIpc) is 2.86. The maximum absolute atomic E-state index is 11.5. The smallest absolute Gasteiger partial charge is 0.268 e. The first-order chi connectivity index (χ1) is 8.76. The Bertz CT molecular complexity index is 405. The number of piperidine rings is 1. The van der Waals surface area contributed by atoms with Crippen LogP contribution in [-0.4, -0.2) is 35.1 Å². The number of likely N-dealkylation sites (tertiary alicyclic amines) is 1. The van der Waals surface area contributed by atoms with Crippen molar-refractivity contribution in [1.82, 2.24) is 10.3 Å². The summed E-state index contributed by atoms with van der Waals surface area (Å²) in [5.74, 6) is 5.37. The molecule has 1 aromatic rings. The summed E-state index contributed by atoms with van der Waals surface area (Å²) >= 11 is 0. The van der Waals surface area contributed by atoms with E-state index in [1.54, 1.807) is 6.07 Å². The van der Waals surface area contributed by atoms with Crippen molar-refractivity contribution in [1.29, 1.82) is 0 Å². The molecule has 0 bridgehead atoms. The Kier molecular flexibility index (Phi) is 4.35. The number of hydrogen-bond acceptors (Lipinski definition) is 5. The van der Waals surface area contributed by atoms with Gasteiger partial charge in [-0.3, -0.25) is 15.1 Å². The maximum Gasteiger partial charge on any atom is 0.268 e. The molecule has 6 nitrogen and oxygen atoms in total. The van der Waals surface area contributed by atoms with Crippen LogP contribution in [0, 0.1) is 0 Å². The fourth-order valence-electron chi connectivity index (χ4n) is 2.40.